The van der Waals surface area contributed by atoms with Crippen molar-refractivity contribution in [1.82, 2.24) is 9.78 Å². The minimum Gasteiger partial charge on any atom is -0.491 e. The van der Waals surface area contributed by atoms with E-state index in [9.17, 15) is 20.4 Å². The van der Waals surface area contributed by atoms with Crippen molar-refractivity contribution in [3.8, 4) is 11.6 Å². The second-order valence-electron chi connectivity index (χ2n) is 7.80. The van der Waals surface area contributed by atoms with Crippen LogP contribution >= 0.6 is 0 Å². The van der Waals surface area contributed by atoms with E-state index >= 15 is 0 Å². The summed E-state index contributed by atoms with van der Waals surface area (Å²) >= 11 is 0. The molecule has 30 heavy (non-hydrogen) atoms. The van der Waals surface area contributed by atoms with E-state index in [1.165, 1.54) is 4.68 Å². The van der Waals surface area contributed by atoms with Gasteiger partial charge in [-0.15, -0.1) is 0 Å². The average molecular weight is 422 g/mol. The van der Waals surface area contributed by atoms with Gasteiger partial charge < -0.3 is 34.6 Å². The zero-order valence-corrected chi connectivity index (χ0v) is 17.6. The van der Waals surface area contributed by atoms with Gasteiger partial charge >= 0.3 is 0 Å². The minimum absolute atomic E-state index is 0.0926. The molecule has 1 saturated heterocycles. The fourth-order valence-corrected chi connectivity index (χ4v) is 3.47. The Bertz CT molecular complexity index is 835. The normalized spacial score (nSPS) is 26.8. The quantitative estimate of drug-likeness (QED) is 0.501. The van der Waals surface area contributed by atoms with Crippen molar-refractivity contribution in [3.05, 3.63) is 41.1 Å². The first kappa shape index (κ1) is 22.5. The van der Waals surface area contributed by atoms with Gasteiger partial charge in [0.25, 0.3) is 0 Å². The third-order valence-electron chi connectivity index (χ3n) is 5.04. The fraction of sp³-hybridized carbons (Fsp3) is 0.571. The monoisotopic (exact) mass is 422 g/mol. The zero-order chi connectivity index (χ0) is 22.0. The van der Waals surface area contributed by atoms with Crippen LogP contribution in [0.15, 0.2) is 24.3 Å². The Morgan fingerprint density at radius 1 is 1.10 bits per heavy atom. The first-order chi connectivity index (χ1) is 14.2. The predicted octanol–water partition coefficient (Wildman–Crippen LogP) is 0.285. The lowest BCUT2D eigenvalue weighted by atomic mass is 9.99. The van der Waals surface area contributed by atoms with Crippen molar-refractivity contribution in [3.63, 3.8) is 0 Å². The number of aromatic nitrogens is 2. The Morgan fingerprint density at radius 2 is 1.77 bits per heavy atom. The summed E-state index contributed by atoms with van der Waals surface area (Å²) in [5, 5.41) is 44.0. The number of rotatable bonds is 7. The van der Waals surface area contributed by atoms with Crippen molar-refractivity contribution in [2.24, 2.45) is 7.05 Å². The maximum atomic E-state index is 10.3. The van der Waals surface area contributed by atoms with Crippen molar-refractivity contribution in [1.29, 1.82) is 0 Å². The third kappa shape index (κ3) is 4.76. The number of benzene rings is 1. The molecule has 0 aliphatic carbocycles. The number of ether oxygens (including phenoxy) is 3. The van der Waals surface area contributed by atoms with Gasteiger partial charge in [0.15, 0.2) is 0 Å². The maximum absolute atomic E-state index is 10.3. The molecule has 2 heterocycles. The molecular formula is C21H30N2O7. The van der Waals surface area contributed by atoms with Crippen LogP contribution in [0.5, 0.6) is 11.6 Å². The van der Waals surface area contributed by atoms with E-state index in [1.807, 2.05) is 45.0 Å². The van der Waals surface area contributed by atoms with Crippen LogP contribution in [-0.4, -0.2) is 73.6 Å². The van der Waals surface area contributed by atoms with Gasteiger partial charge in [-0.05, 0) is 38.5 Å². The van der Waals surface area contributed by atoms with Crippen LogP contribution in [0.2, 0.25) is 0 Å². The van der Waals surface area contributed by atoms with E-state index in [0.29, 0.717) is 12.3 Å². The molecule has 166 valence electrons. The van der Waals surface area contributed by atoms with E-state index < -0.39 is 37.3 Å². The molecule has 0 bridgehead atoms. The molecule has 1 aromatic heterocycles. The molecule has 0 saturated carbocycles. The highest BCUT2D eigenvalue weighted by molar-refractivity contribution is 5.38. The molecule has 4 N–H and O–H groups in total. The van der Waals surface area contributed by atoms with Crippen molar-refractivity contribution >= 4 is 0 Å². The second-order valence-corrected chi connectivity index (χ2v) is 7.80. The number of hydrogen-bond acceptors (Lipinski definition) is 8. The van der Waals surface area contributed by atoms with E-state index in [0.717, 1.165) is 22.6 Å². The van der Waals surface area contributed by atoms with E-state index in [2.05, 4.69) is 5.10 Å². The number of aliphatic hydroxyl groups is 4. The Morgan fingerprint density at radius 3 is 2.37 bits per heavy atom. The van der Waals surface area contributed by atoms with Gasteiger partial charge in [-0.2, -0.15) is 5.10 Å². The molecule has 2 aromatic rings. The Labute approximate surface area is 175 Å². The Hall–Kier alpha value is -2.17. The molecule has 0 spiro atoms. The van der Waals surface area contributed by atoms with Crippen LogP contribution in [0.1, 0.15) is 30.7 Å². The average Bonchev–Trinajstić information content (AvgIpc) is 2.96. The standard InChI is InChI=1S/C21H30N2O7/c1-11(2)28-14-7-5-13(6-8-14)9-15-12(3)22-23(4)20(15)30-21-19(27)18(26)17(25)16(10-24)29-21/h5-8,11,16-19,21,24-27H,9-10H2,1-4H3/t16-,17-,18+,19-,21+/m1/s1. The molecule has 0 unspecified atom stereocenters. The van der Waals surface area contributed by atoms with Gasteiger partial charge in [-0.3, -0.25) is 0 Å². The largest absolute Gasteiger partial charge is 0.491 e. The molecule has 1 aliphatic rings. The highest BCUT2D eigenvalue weighted by Gasteiger charge is 2.45. The summed E-state index contributed by atoms with van der Waals surface area (Å²) in [6.45, 7) is 5.27. The van der Waals surface area contributed by atoms with Crippen LogP contribution in [-0.2, 0) is 18.2 Å². The summed E-state index contributed by atoms with van der Waals surface area (Å²) in [6.07, 6.45) is -6.13. The number of aliphatic hydroxyl groups excluding tert-OH is 4. The van der Waals surface area contributed by atoms with Crippen LogP contribution in [0.25, 0.3) is 0 Å². The maximum Gasteiger partial charge on any atom is 0.231 e. The summed E-state index contributed by atoms with van der Waals surface area (Å²) in [5.41, 5.74) is 2.56. The highest BCUT2D eigenvalue weighted by atomic mass is 16.7. The lowest BCUT2D eigenvalue weighted by Crippen LogP contribution is -2.60. The van der Waals surface area contributed by atoms with Crippen molar-refractivity contribution in [2.75, 3.05) is 6.61 Å². The van der Waals surface area contributed by atoms with Crippen LogP contribution in [0.3, 0.4) is 0 Å². The van der Waals surface area contributed by atoms with Crippen LogP contribution < -0.4 is 9.47 Å². The van der Waals surface area contributed by atoms with Crippen molar-refractivity contribution in [2.45, 2.75) is 64.0 Å². The molecule has 0 radical (unpaired) electrons. The number of hydrogen-bond donors (Lipinski definition) is 4. The Balaban J connectivity index is 1.80. The van der Waals surface area contributed by atoms with E-state index in [4.69, 9.17) is 14.2 Å². The van der Waals surface area contributed by atoms with Gasteiger partial charge in [0.05, 0.1) is 18.4 Å². The summed E-state index contributed by atoms with van der Waals surface area (Å²) in [4.78, 5) is 0. The first-order valence-corrected chi connectivity index (χ1v) is 9.96. The second kappa shape index (κ2) is 9.32. The lowest BCUT2D eigenvalue weighted by molar-refractivity contribution is -0.278. The summed E-state index contributed by atoms with van der Waals surface area (Å²) in [5.74, 6) is 1.16. The summed E-state index contributed by atoms with van der Waals surface area (Å²) in [7, 11) is 1.70. The van der Waals surface area contributed by atoms with Crippen molar-refractivity contribution < 1.29 is 34.6 Å². The zero-order valence-electron chi connectivity index (χ0n) is 17.6. The van der Waals surface area contributed by atoms with E-state index in [-0.39, 0.29) is 6.10 Å². The molecule has 1 aliphatic heterocycles. The van der Waals surface area contributed by atoms with Gasteiger partial charge in [0.2, 0.25) is 12.2 Å². The van der Waals surface area contributed by atoms with Gasteiger partial charge in [0, 0.05) is 19.0 Å². The van der Waals surface area contributed by atoms with Crippen LogP contribution in [0, 0.1) is 6.92 Å². The summed E-state index contributed by atoms with van der Waals surface area (Å²) in [6, 6.07) is 7.72. The minimum atomic E-state index is -1.51. The van der Waals surface area contributed by atoms with Gasteiger partial charge in [0.1, 0.15) is 30.2 Å². The number of aryl methyl sites for hydroxylation is 2. The van der Waals surface area contributed by atoms with Gasteiger partial charge in [-0.1, -0.05) is 12.1 Å². The third-order valence-corrected chi connectivity index (χ3v) is 5.04. The molecule has 9 nitrogen and oxygen atoms in total. The molecule has 9 heteroatoms. The fourth-order valence-electron chi connectivity index (χ4n) is 3.47. The molecule has 3 rings (SSSR count). The topological polar surface area (TPSA) is 126 Å². The molecular weight excluding hydrogens is 392 g/mol. The SMILES string of the molecule is Cc1nn(C)c(O[C@@H]2O[C@H](CO)[C@@H](O)[C@H](O)[C@H]2O)c1Cc1ccc(OC(C)C)cc1. The number of nitrogens with zero attached hydrogens (tertiary/aromatic N) is 2. The lowest BCUT2D eigenvalue weighted by Gasteiger charge is -2.39. The highest BCUT2D eigenvalue weighted by Crippen LogP contribution is 2.30. The summed E-state index contributed by atoms with van der Waals surface area (Å²) < 4.78 is 18.5. The molecule has 1 fully saturated rings. The smallest absolute Gasteiger partial charge is 0.231 e. The molecule has 5 atom stereocenters. The van der Waals surface area contributed by atoms with Gasteiger partial charge in [-0.25, -0.2) is 4.68 Å². The molecule has 1 aromatic carbocycles. The first-order valence-electron chi connectivity index (χ1n) is 9.96. The van der Waals surface area contributed by atoms with E-state index in [1.54, 1.807) is 7.05 Å². The Kier molecular flexibility index (Phi) is 6.99. The van der Waals surface area contributed by atoms with Crippen LogP contribution in [0.4, 0.5) is 0 Å². The molecule has 0 amide bonds. The predicted molar refractivity (Wildman–Crippen MR) is 107 cm³/mol.